The van der Waals surface area contributed by atoms with E-state index in [0.717, 1.165) is 0 Å². The summed E-state index contributed by atoms with van der Waals surface area (Å²) in [6.07, 6.45) is 0.113. The van der Waals surface area contributed by atoms with Gasteiger partial charge in [0.2, 0.25) is 0 Å². The van der Waals surface area contributed by atoms with Crippen molar-refractivity contribution in [1.29, 1.82) is 0 Å². The van der Waals surface area contributed by atoms with Crippen LogP contribution < -0.4 is 5.73 Å². The lowest BCUT2D eigenvalue weighted by molar-refractivity contribution is 0.538. The molecular formula is C11H10F2N2S. The van der Waals surface area contributed by atoms with E-state index < -0.39 is 17.7 Å². The molecule has 0 aliphatic carbocycles. The average molecular weight is 240 g/mol. The fourth-order valence-electron chi connectivity index (χ4n) is 1.46. The highest BCUT2D eigenvalue weighted by Crippen LogP contribution is 2.20. The van der Waals surface area contributed by atoms with Crippen LogP contribution in [0.25, 0.3) is 0 Å². The van der Waals surface area contributed by atoms with Crippen molar-refractivity contribution in [2.75, 3.05) is 0 Å². The summed E-state index contributed by atoms with van der Waals surface area (Å²) in [5.41, 5.74) is 8.14. The number of nitrogens with zero attached hydrogens (tertiary/aromatic N) is 1. The predicted octanol–water partition coefficient (Wildman–Crippen LogP) is 2.66. The second-order valence-corrected chi connectivity index (χ2v) is 4.14. The molecule has 1 aromatic carbocycles. The lowest BCUT2D eigenvalue weighted by atomic mass is 10.0. The molecule has 0 aliphatic rings. The third-order valence-corrected chi connectivity index (χ3v) is 2.92. The molecule has 84 valence electrons. The van der Waals surface area contributed by atoms with Crippen LogP contribution in [0, 0.1) is 11.6 Å². The van der Waals surface area contributed by atoms with Crippen molar-refractivity contribution in [3.05, 3.63) is 52.0 Å². The molecule has 1 atom stereocenters. The highest BCUT2D eigenvalue weighted by atomic mass is 32.1. The summed E-state index contributed by atoms with van der Waals surface area (Å²) in [5.74, 6) is -1.13. The van der Waals surface area contributed by atoms with Gasteiger partial charge in [0.25, 0.3) is 0 Å². The zero-order chi connectivity index (χ0) is 11.5. The summed E-state index contributed by atoms with van der Waals surface area (Å²) in [5, 5.41) is 1.78. The number of aromatic nitrogens is 1. The van der Waals surface area contributed by atoms with Gasteiger partial charge in [-0.15, -0.1) is 11.3 Å². The Labute approximate surface area is 95.7 Å². The van der Waals surface area contributed by atoms with Gasteiger partial charge in [-0.1, -0.05) is 6.07 Å². The number of hydrogen-bond donors (Lipinski definition) is 1. The van der Waals surface area contributed by atoms with Crippen LogP contribution in [0.3, 0.4) is 0 Å². The first-order chi connectivity index (χ1) is 7.68. The topological polar surface area (TPSA) is 38.9 Å². The summed E-state index contributed by atoms with van der Waals surface area (Å²) in [6, 6.07) is 3.32. The highest BCUT2D eigenvalue weighted by molar-refractivity contribution is 7.07. The molecule has 16 heavy (non-hydrogen) atoms. The smallest absolute Gasteiger partial charge is 0.129 e. The van der Waals surface area contributed by atoms with Gasteiger partial charge in [-0.2, -0.15) is 0 Å². The zero-order valence-corrected chi connectivity index (χ0v) is 9.18. The molecule has 1 heterocycles. The molecule has 0 fully saturated rings. The summed E-state index contributed by atoms with van der Waals surface area (Å²) in [4.78, 5) is 4.02. The number of rotatable bonds is 3. The van der Waals surface area contributed by atoms with E-state index in [9.17, 15) is 8.78 Å². The van der Waals surface area contributed by atoms with Crippen molar-refractivity contribution in [2.24, 2.45) is 5.73 Å². The molecule has 2 aromatic rings. The molecule has 2 rings (SSSR count). The maximum absolute atomic E-state index is 13.3. The fourth-order valence-corrected chi connectivity index (χ4v) is 2.08. The Hall–Kier alpha value is -1.33. The highest BCUT2D eigenvalue weighted by Gasteiger charge is 2.15. The van der Waals surface area contributed by atoms with Crippen LogP contribution in [0.5, 0.6) is 0 Å². The van der Waals surface area contributed by atoms with E-state index in [0.29, 0.717) is 5.69 Å². The van der Waals surface area contributed by atoms with Gasteiger partial charge in [0.15, 0.2) is 0 Å². The van der Waals surface area contributed by atoms with E-state index in [1.807, 2.05) is 0 Å². The van der Waals surface area contributed by atoms with Gasteiger partial charge in [-0.05, 0) is 18.6 Å². The van der Waals surface area contributed by atoms with Crippen molar-refractivity contribution in [2.45, 2.75) is 12.5 Å². The maximum Gasteiger partial charge on any atom is 0.129 e. The Kier molecular flexibility index (Phi) is 3.26. The first kappa shape index (κ1) is 11.2. The minimum atomic E-state index is -0.564. The lowest BCUT2D eigenvalue weighted by Gasteiger charge is -2.10. The molecule has 0 aliphatic heterocycles. The summed E-state index contributed by atoms with van der Waals surface area (Å²) in [7, 11) is 0. The van der Waals surface area contributed by atoms with Gasteiger partial charge in [0.1, 0.15) is 11.6 Å². The zero-order valence-electron chi connectivity index (χ0n) is 8.36. The molecular weight excluding hydrogens is 230 g/mol. The Morgan fingerprint density at radius 3 is 2.56 bits per heavy atom. The van der Waals surface area contributed by atoms with E-state index in [2.05, 4.69) is 4.98 Å². The van der Waals surface area contributed by atoms with Crippen molar-refractivity contribution in [3.63, 3.8) is 0 Å². The van der Waals surface area contributed by atoms with Crippen molar-refractivity contribution in [3.8, 4) is 0 Å². The Balaban J connectivity index is 2.21. The van der Waals surface area contributed by atoms with Crippen LogP contribution in [0.2, 0.25) is 0 Å². The molecule has 5 heteroatoms. The molecule has 0 saturated heterocycles. The van der Waals surface area contributed by atoms with E-state index in [1.165, 1.54) is 29.5 Å². The summed E-state index contributed by atoms with van der Waals surface area (Å²) in [6.45, 7) is 0. The van der Waals surface area contributed by atoms with Crippen molar-refractivity contribution >= 4 is 11.3 Å². The third-order valence-electron chi connectivity index (χ3n) is 2.32. The van der Waals surface area contributed by atoms with Gasteiger partial charge in [0.05, 0.1) is 17.2 Å². The molecule has 1 unspecified atom stereocenters. The molecule has 0 spiro atoms. The number of thiazole rings is 1. The Morgan fingerprint density at radius 1 is 1.31 bits per heavy atom. The van der Waals surface area contributed by atoms with Crippen LogP contribution in [0.4, 0.5) is 8.78 Å². The van der Waals surface area contributed by atoms with E-state index in [-0.39, 0.29) is 12.0 Å². The predicted molar refractivity (Wildman–Crippen MR) is 59.1 cm³/mol. The molecule has 0 radical (unpaired) electrons. The first-order valence-corrected chi connectivity index (χ1v) is 5.69. The molecule has 2 N–H and O–H groups in total. The summed E-state index contributed by atoms with van der Waals surface area (Å²) < 4.78 is 26.7. The third kappa shape index (κ3) is 2.25. The number of hydrogen-bond acceptors (Lipinski definition) is 3. The molecule has 2 nitrogen and oxygen atoms in total. The van der Waals surface area contributed by atoms with Crippen LogP contribution >= 0.6 is 11.3 Å². The van der Waals surface area contributed by atoms with E-state index in [1.54, 1.807) is 10.9 Å². The minimum Gasteiger partial charge on any atom is -0.322 e. The largest absolute Gasteiger partial charge is 0.322 e. The van der Waals surface area contributed by atoms with Gasteiger partial charge in [-0.25, -0.2) is 13.8 Å². The average Bonchev–Trinajstić information content (AvgIpc) is 2.76. The van der Waals surface area contributed by atoms with Crippen molar-refractivity contribution < 1.29 is 8.78 Å². The van der Waals surface area contributed by atoms with Gasteiger partial charge >= 0.3 is 0 Å². The fraction of sp³-hybridized carbons (Fsp3) is 0.182. The van der Waals surface area contributed by atoms with Gasteiger partial charge in [-0.3, -0.25) is 0 Å². The monoisotopic (exact) mass is 240 g/mol. The van der Waals surface area contributed by atoms with Gasteiger partial charge in [0, 0.05) is 10.9 Å². The molecule has 0 bridgehead atoms. The number of benzene rings is 1. The first-order valence-electron chi connectivity index (χ1n) is 4.75. The van der Waals surface area contributed by atoms with E-state index in [4.69, 9.17) is 5.73 Å². The standard InChI is InChI=1S/C11H10F2N2S/c12-8-2-1-3-9(13)7(8)4-10(14)11-5-16-6-15-11/h1-3,5-6,10H,4,14H2. The second-order valence-electron chi connectivity index (χ2n) is 3.42. The Morgan fingerprint density at radius 2 is 2.00 bits per heavy atom. The quantitative estimate of drug-likeness (QED) is 0.895. The second kappa shape index (κ2) is 4.67. The van der Waals surface area contributed by atoms with Crippen LogP contribution in [-0.2, 0) is 6.42 Å². The van der Waals surface area contributed by atoms with Crippen LogP contribution in [0.1, 0.15) is 17.3 Å². The molecule has 1 aromatic heterocycles. The SMILES string of the molecule is NC(Cc1c(F)cccc1F)c1cscn1. The van der Waals surface area contributed by atoms with E-state index >= 15 is 0 Å². The summed E-state index contributed by atoms with van der Waals surface area (Å²) >= 11 is 1.41. The van der Waals surface area contributed by atoms with Crippen molar-refractivity contribution in [1.82, 2.24) is 4.98 Å². The van der Waals surface area contributed by atoms with Gasteiger partial charge < -0.3 is 5.73 Å². The minimum absolute atomic E-state index is 0.0167. The van der Waals surface area contributed by atoms with Crippen LogP contribution in [-0.4, -0.2) is 4.98 Å². The lowest BCUT2D eigenvalue weighted by Crippen LogP contribution is -2.15. The Bertz CT molecular complexity index is 451. The van der Waals surface area contributed by atoms with Crippen LogP contribution in [0.15, 0.2) is 29.1 Å². The normalized spacial score (nSPS) is 12.7. The molecule has 0 saturated carbocycles. The number of nitrogens with two attached hydrogens (primary N) is 1. The molecule has 0 amide bonds. The maximum atomic E-state index is 13.3. The number of halogens is 2.